The van der Waals surface area contributed by atoms with Gasteiger partial charge >= 0.3 is 0 Å². The Kier molecular flexibility index (Phi) is 1.56. The highest BCUT2D eigenvalue weighted by Gasteiger charge is 2.03. The van der Waals surface area contributed by atoms with E-state index in [0.717, 1.165) is 10.8 Å². The van der Waals surface area contributed by atoms with Crippen LogP contribution in [0.15, 0.2) is 41.6 Å². The van der Waals surface area contributed by atoms with Crippen molar-refractivity contribution in [3.63, 3.8) is 0 Å². The fraction of sp³-hybridized carbons (Fsp3) is 0. The van der Waals surface area contributed by atoms with Crippen LogP contribution in [0, 0.1) is 0 Å². The molecule has 0 saturated carbocycles. The smallest absolute Gasteiger partial charge is 0.257 e. The minimum absolute atomic E-state index is 0.126. The van der Waals surface area contributed by atoms with E-state index in [2.05, 4.69) is 15.0 Å². The van der Waals surface area contributed by atoms with Gasteiger partial charge in [0.2, 0.25) is 0 Å². The third kappa shape index (κ3) is 1.11. The SMILES string of the molecule is O=c1[nH]c2ncccc2c2cnccc12. The van der Waals surface area contributed by atoms with Crippen molar-refractivity contribution < 1.29 is 0 Å². The lowest BCUT2D eigenvalue weighted by molar-refractivity contribution is 1.25. The second kappa shape index (κ2) is 2.88. The first-order chi connectivity index (χ1) is 7.36. The third-order valence-corrected chi connectivity index (χ3v) is 2.40. The zero-order chi connectivity index (χ0) is 10.3. The quantitative estimate of drug-likeness (QED) is 0.555. The number of nitrogens with zero attached hydrogens (tertiary/aromatic N) is 2. The summed E-state index contributed by atoms with van der Waals surface area (Å²) in [5, 5.41) is 2.40. The average Bonchev–Trinajstić information content (AvgIpc) is 2.30. The van der Waals surface area contributed by atoms with Crippen LogP contribution in [0.2, 0.25) is 0 Å². The Morgan fingerprint density at radius 2 is 2.00 bits per heavy atom. The summed E-state index contributed by atoms with van der Waals surface area (Å²) < 4.78 is 0. The van der Waals surface area contributed by atoms with Crippen molar-refractivity contribution in [2.45, 2.75) is 0 Å². The van der Waals surface area contributed by atoms with E-state index in [4.69, 9.17) is 0 Å². The lowest BCUT2D eigenvalue weighted by Gasteiger charge is -2.00. The van der Waals surface area contributed by atoms with E-state index in [1.54, 1.807) is 24.7 Å². The molecule has 0 spiro atoms. The van der Waals surface area contributed by atoms with Gasteiger partial charge in [-0.25, -0.2) is 4.98 Å². The van der Waals surface area contributed by atoms with Crippen molar-refractivity contribution in [3.05, 3.63) is 47.1 Å². The molecule has 3 aromatic rings. The Labute approximate surface area is 84.6 Å². The van der Waals surface area contributed by atoms with Crippen LogP contribution >= 0.6 is 0 Å². The Morgan fingerprint density at radius 1 is 1.07 bits per heavy atom. The summed E-state index contributed by atoms with van der Waals surface area (Å²) in [6, 6.07) is 5.47. The van der Waals surface area contributed by atoms with E-state index in [-0.39, 0.29) is 5.56 Å². The van der Waals surface area contributed by atoms with E-state index in [9.17, 15) is 4.79 Å². The molecule has 0 atom stereocenters. The van der Waals surface area contributed by atoms with Crippen LogP contribution in [-0.4, -0.2) is 15.0 Å². The second-order valence-corrected chi connectivity index (χ2v) is 3.27. The lowest BCUT2D eigenvalue weighted by Crippen LogP contribution is -2.07. The molecule has 0 aliphatic carbocycles. The zero-order valence-corrected chi connectivity index (χ0v) is 7.77. The molecule has 0 unspecified atom stereocenters. The maximum absolute atomic E-state index is 11.7. The van der Waals surface area contributed by atoms with Gasteiger partial charge in [0.25, 0.3) is 5.56 Å². The monoisotopic (exact) mass is 197 g/mol. The number of nitrogens with one attached hydrogen (secondary N) is 1. The summed E-state index contributed by atoms with van der Waals surface area (Å²) in [6.07, 6.45) is 4.95. The van der Waals surface area contributed by atoms with Crippen molar-refractivity contribution in [1.82, 2.24) is 15.0 Å². The summed E-state index contributed by atoms with van der Waals surface area (Å²) in [4.78, 5) is 22.5. The molecule has 15 heavy (non-hydrogen) atoms. The van der Waals surface area contributed by atoms with E-state index in [1.165, 1.54) is 0 Å². The van der Waals surface area contributed by atoms with Gasteiger partial charge in [0.15, 0.2) is 0 Å². The number of H-pyrrole nitrogens is 1. The van der Waals surface area contributed by atoms with Crippen LogP contribution in [-0.2, 0) is 0 Å². The van der Waals surface area contributed by atoms with Crippen molar-refractivity contribution in [2.24, 2.45) is 0 Å². The third-order valence-electron chi connectivity index (χ3n) is 2.40. The highest BCUT2D eigenvalue weighted by Crippen LogP contribution is 2.17. The summed E-state index contributed by atoms with van der Waals surface area (Å²) in [5.74, 6) is 0. The zero-order valence-electron chi connectivity index (χ0n) is 7.77. The Morgan fingerprint density at radius 3 is 2.93 bits per heavy atom. The van der Waals surface area contributed by atoms with Gasteiger partial charge < -0.3 is 4.98 Å². The van der Waals surface area contributed by atoms with Crippen LogP contribution in [0.3, 0.4) is 0 Å². The maximum Gasteiger partial charge on any atom is 0.257 e. The first kappa shape index (κ1) is 8.11. The topological polar surface area (TPSA) is 58.6 Å². The van der Waals surface area contributed by atoms with Crippen LogP contribution in [0.25, 0.3) is 21.8 Å². The molecule has 3 heterocycles. The molecule has 0 aromatic carbocycles. The minimum atomic E-state index is -0.126. The summed E-state index contributed by atoms with van der Waals surface area (Å²) in [7, 11) is 0. The number of pyridine rings is 3. The van der Waals surface area contributed by atoms with Crippen molar-refractivity contribution in [1.29, 1.82) is 0 Å². The predicted molar refractivity (Wildman–Crippen MR) is 57.7 cm³/mol. The van der Waals surface area contributed by atoms with E-state index >= 15 is 0 Å². The Bertz CT molecular complexity index is 703. The molecule has 72 valence electrons. The van der Waals surface area contributed by atoms with Gasteiger partial charge in [0.1, 0.15) is 5.65 Å². The van der Waals surface area contributed by atoms with Gasteiger partial charge in [-0.15, -0.1) is 0 Å². The van der Waals surface area contributed by atoms with Crippen LogP contribution < -0.4 is 5.56 Å². The van der Waals surface area contributed by atoms with Crippen molar-refractivity contribution >= 4 is 21.8 Å². The number of hydrogen-bond donors (Lipinski definition) is 1. The standard InChI is InChI=1S/C11H7N3O/c15-11-8-3-5-12-6-9(8)7-2-1-4-13-10(7)14-11/h1-6H,(H,13,14,15). The molecule has 0 aliphatic rings. The Hall–Kier alpha value is -2.23. The maximum atomic E-state index is 11.7. The molecule has 3 aromatic heterocycles. The van der Waals surface area contributed by atoms with Crippen molar-refractivity contribution in [2.75, 3.05) is 0 Å². The first-order valence-electron chi connectivity index (χ1n) is 4.57. The highest BCUT2D eigenvalue weighted by molar-refractivity contribution is 6.03. The molecule has 0 saturated heterocycles. The molecular weight excluding hydrogens is 190 g/mol. The molecule has 4 nitrogen and oxygen atoms in total. The van der Waals surface area contributed by atoms with Crippen LogP contribution in [0.4, 0.5) is 0 Å². The summed E-state index contributed by atoms with van der Waals surface area (Å²) in [5.41, 5.74) is 0.474. The predicted octanol–water partition coefficient (Wildman–Crippen LogP) is 1.47. The fourth-order valence-corrected chi connectivity index (χ4v) is 1.70. The van der Waals surface area contributed by atoms with Crippen LogP contribution in [0.5, 0.6) is 0 Å². The van der Waals surface area contributed by atoms with Gasteiger partial charge in [-0.3, -0.25) is 9.78 Å². The minimum Gasteiger partial charge on any atom is -0.306 e. The number of fused-ring (bicyclic) bond motifs is 3. The van der Waals surface area contributed by atoms with E-state index in [0.29, 0.717) is 11.0 Å². The fourth-order valence-electron chi connectivity index (χ4n) is 1.70. The lowest BCUT2D eigenvalue weighted by atomic mass is 10.1. The number of aromatic nitrogens is 3. The van der Waals surface area contributed by atoms with E-state index < -0.39 is 0 Å². The molecule has 0 radical (unpaired) electrons. The normalized spacial score (nSPS) is 10.9. The van der Waals surface area contributed by atoms with Crippen LogP contribution in [0.1, 0.15) is 0 Å². The molecule has 0 amide bonds. The summed E-state index contributed by atoms with van der Waals surface area (Å²) in [6.45, 7) is 0. The molecule has 0 bridgehead atoms. The molecule has 3 rings (SSSR count). The van der Waals surface area contributed by atoms with Gasteiger partial charge in [0, 0.05) is 29.4 Å². The molecular formula is C11H7N3O. The van der Waals surface area contributed by atoms with Crippen molar-refractivity contribution in [3.8, 4) is 0 Å². The average molecular weight is 197 g/mol. The van der Waals surface area contributed by atoms with Gasteiger partial charge in [-0.1, -0.05) is 0 Å². The van der Waals surface area contributed by atoms with Gasteiger partial charge in [-0.05, 0) is 18.2 Å². The first-order valence-corrected chi connectivity index (χ1v) is 4.57. The molecule has 0 aliphatic heterocycles. The highest BCUT2D eigenvalue weighted by atomic mass is 16.1. The Balaban J connectivity index is 2.70. The van der Waals surface area contributed by atoms with Gasteiger partial charge in [-0.2, -0.15) is 0 Å². The number of rotatable bonds is 0. The molecule has 4 heteroatoms. The second-order valence-electron chi connectivity index (χ2n) is 3.27. The van der Waals surface area contributed by atoms with E-state index in [1.807, 2.05) is 12.1 Å². The molecule has 1 N–H and O–H groups in total. The summed E-state index contributed by atoms with van der Waals surface area (Å²) >= 11 is 0. The number of aromatic amines is 1. The molecule has 0 fully saturated rings. The number of hydrogen-bond acceptors (Lipinski definition) is 3. The largest absolute Gasteiger partial charge is 0.306 e. The van der Waals surface area contributed by atoms with Gasteiger partial charge in [0.05, 0.1) is 5.39 Å².